The van der Waals surface area contributed by atoms with Crippen molar-refractivity contribution in [3.05, 3.63) is 53.2 Å². The molecule has 0 fully saturated rings. The number of carbonyl (C=O) groups is 2. The van der Waals surface area contributed by atoms with Crippen LogP contribution >= 0.6 is 0 Å². The largest absolute Gasteiger partial charge is 0.471 e. The molecule has 0 spiro atoms. The summed E-state index contributed by atoms with van der Waals surface area (Å²) in [5.41, 5.74) is 1.82. The SMILES string of the molecule is Cn1c(CC(F)(F)F)cc2cc(NC(=O)C(F)(F)F)c(-c3ccc4c(c3)CCN(C(=O)OC(C)(C)C)C4)cc21. The summed E-state index contributed by atoms with van der Waals surface area (Å²) in [4.78, 5) is 25.8. The molecule has 210 valence electrons. The van der Waals surface area contributed by atoms with Crippen LogP contribution in [0.3, 0.4) is 0 Å². The van der Waals surface area contributed by atoms with Crippen molar-refractivity contribution in [2.45, 2.75) is 58.1 Å². The summed E-state index contributed by atoms with van der Waals surface area (Å²) in [5.74, 6) is -2.19. The lowest BCUT2D eigenvalue weighted by atomic mass is 9.93. The predicted molar refractivity (Wildman–Crippen MR) is 133 cm³/mol. The van der Waals surface area contributed by atoms with Crippen LogP contribution in [0.2, 0.25) is 0 Å². The third-order valence-electron chi connectivity index (χ3n) is 6.35. The molecule has 1 aliphatic rings. The highest BCUT2D eigenvalue weighted by atomic mass is 19.4. The van der Waals surface area contributed by atoms with Gasteiger partial charge in [0.1, 0.15) is 5.60 Å². The molecule has 0 saturated carbocycles. The number of hydrogen-bond donors (Lipinski definition) is 1. The van der Waals surface area contributed by atoms with Crippen LogP contribution in [0.1, 0.15) is 37.6 Å². The Morgan fingerprint density at radius 1 is 0.974 bits per heavy atom. The molecular formula is C27H27F6N3O3. The number of alkyl halides is 6. The molecule has 39 heavy (non-hydrogen) atoms. The average molecular weight is 556 g/mol. The Kier molecular flexibility index (Phi) is 7.11. The molecule has 0 aliphatic carbocycles. The van der Waals surface area contributed by atoms with E-state index in [4.69, 9.17) is 4.74 Å². The zero-order valence-corrected chi connectivity index (χ0v) is 21.7. The Bertz CT molecular complexity index is 1430. The van der Waals surface area contributed by atoms with Gasteiger partial charge in [-0.3, -0.25) is 4.79 Å². The topological polar surface area (TPSA) is 63.6 Å². The summed E-state index contributed by atoms with van der Waals surface area (Å²) in [6.07, 6.45) is -10.9. The van der Waals surface area contributed by atoms with Crippen LogP contribution in [0, 0.1) is 0 Å². The Morgan fingerprint density at radius 2 is 1.67 bits per heavy atom. The van der Waals surface area contributed by atoms with Crippen molar-refractivity contribution in [1.29, 1.82) is 0 Å². The molecule has 12 heteroatoms. The minimum atomic E-state index is -5.16. The van der Waals surface area contributed by atoms with Crippen LogP contribution in [-0.4, -0.2) is 46.0 Å². The number of anilines is 1. The maximum atomic E-state index is 13.1. The van der Waals surface area contributed by atoms with Gasteiger partial charge in [-0.1, -0.05) is 18.2 Å². The summed E-state index contributed by atoms with van der Waals surface area (Å²) in [5, 5.41) is 2.13. The Morgan fingerprint density at radius 3 is 2.28 bits per heavy atom. The number of hydrogen-bond acceptors (Lipinski definition) is 3. The van der Waals surface area contributed by atoms with E-state index >= 15 is 0 Å². The zero-order valence-electron chi connectivity index (χ0n) is 21.7. The Labute approximate surface area is 220 Å². The first-order valence-electron chi connectivity index (χ1n) is 12.1. The molecule has 1 aromatic heterocycles. The van der Waals surface area contributed by atoms with E-state index in [0.717, 1.165) is 11.1 Å². The van der Waals surface area contributed by atoms with Crippen LogP contribution in [-0.2, 0) is 36.0 Å². The van der Waals surface area contributed by atoms with Crippen molar-refractivity contribution in [3.8, 4) is 11.1 Å². The lowest BCUT2D eigenvalue weighted by Crippen LogP contribution is -2.39. The van der Waals surface area contributed by atoms with E-state index < -0.39 is 36.4 Å². The monoisotopic (exact) mass is 555 g/mol. The maximum absolute atomic E-state index is 13.1. The van der Waals surface area contributed by atoms with E-state index in [-0.39, 0.29) is 28.9 Å². The number of nitrogens with one attached hydrogen (secondary N) is 1. The molecule has 2 amide bonds. The molecule has 0 saturated heterocycles. The molecule has 0 unspecified atom stereocenters. The van der Waals surface area contributed by atoms with Gasteiger partial charge in [0.05, 0.1) is 6.42 Å². The van der Waals surface area contributed by atoms with Gasteiger partial charge < -0.3 is 19.5 Å². The number of nitrogens with zero attached hydrogens (tertiary/aromatic N) is 2. The smallest absolute Gasteiger partial charge is 0.444 e. The second-order valence-corrected chi connectivity index (χ2v) is 10.5. The van der Waals surface area contributed by atoms with E-state index in [1.54, 1.807) is 43.9 Å². The van der Waals surface area contributed by atoms with Crippen LogP contribution in [0.25, 0.3) is 22.0 Å². The molecule has 2 heterocycles. The molecule has 2 aromatic carbocycles. The number of aromatic nitrogens is 1. The molecule has 4 rings (SSSR count). The molecule has 6 nitrogen and oxygen atoms in total. The Balaban J connectivity index is 1.74. The highest BCUT2D eigenvalue weighted by Gasteiger charge is 2.39. The van der Waals surface area contributed by atoms with Crippen molar-refractivity contribution in [2.75, 3.05) is 11.9 Å². The second kappa shape index (κ2) is 9.80. The number of fused-ring (bicyclic) bond motifs is 2. The molecule has 0 radical (unpaired) electrons. The fourth-order valence-corrected chi connectivity index (χ4v) is 4.56. The first-order valence-corrected chi connectivity index (χ1v) is 12.1. The quantitative estimate of drug-likeness (QED) is 0.364. The van der Waals surface area contributed by atoms with Gasteiger partial charge in [0.15, 0.2) is 0 Å². The van der Waals surface area contributed by atoms with Crippen molar-refractivity contribution < 1.29 is 40.7 Å². The van der Waals surface area contributed by atoms with Crippen molar-refractivity contribution in [2.24, 2.45) is 7.05 Å². The molecule has 1 aliphatic heterocycles. The van der Waals surface area contributed by atoms with Gasteiger partial charge in [0.25, 0.3) is 0 Å². The number of carbonyl (C=O) groups excluding carboxylic acids is 2. The molecular weight excluding hydrogens is 528 g/mol. The summed E-state index contributed by atoms with van der Waals surface area (Å²) in [6.45, 7) is 5.93. The number of halogens is 6. The van der Waals surface area contributed by atoms with Crippen molar-refractivity contribution in [3.63, 3.8) is 0 Å². The fourth-order valence-electron chi connectivity index (χ4n) is 4.56. The molecule has 3 aromatic rings. The normalized spacial score (nSPS) is 14.4. The number of ether oxygens (including phenoxy) is 1. The van der Waals surface area contributed by atoms with Crippen molar-refractivity contribution >= 4 is 28.6 Å². The molecule has 0 atom stereocenters. The van der Waals surface area contributed by atoms with Crippen LogP contribution < -0.4 is 5.32 Å². The summed E-state index contributed by atoms with van der Waals surface area (Å²) >= 11 is 0. The van der Waals surface area contributed by atoms with Gasteiger partial charge in [-0.2, -0.15) is 26.3 Å². The average Bonchev–Trinajstić information content (AvgIpc) is 3.08. The van der Waals surface area contributed by atoms with Crippen molar-refractivity contribution in [1.82, 2.24) is 9.47 Å². The van der Waals surface area contributed by atoms with Crippen LogP contribution in [0.4, 0.5) is 36.8 Å². The standard InChI is InChI=1S/C27H27F6N3O3/c1-25(2,3)39-24(38)36-8-7-15-9-16(5-6-17(15)14-36)20-12-22-18(10-19(35(22)4)13-26(28,29)30)11-21(20)34-23(37)27(31,32)33/h5-6,9-12H,7-8,13-14H2,1-4H3,(H,34,37). The number of rotatable bonds is 3. The predicted octanol–water partition coefficient (Wildman–Crippen LogP) is 6.74. The van der Waals surface area contributed by atoms with E-state index in [9.17, 15) is 35.9 Å². The maximum Gasteiger partial charge on any atom is 0.471 e. The van der Waals surface area contributed by atoms with E-state index in [0.29, 0.717) is 24.0 Å². The van der Waals surface area contributed by atoms with Gasteiger partial charge in [-0.15, -0.1) is 0 Å². The number of amides is 2. The summed E-state index contributed by atoms with van der Waals surface area (Å²) in [6, 6.07) is 9.10. The minimum Gasteiger partial charge on any atom is -0.444 e. The number of benzene rings is 2. The third-order valence-corrected chi connectivity index (χ3v) is 6.35. The van der Waals surface area contributed by atoms with E-state index in [1.165, 1.54) is 29.8 Å². The first-order chi connectivity index (χ1) is 17.9. The minimum absolute atomic E-state index is 0.0737. The van der Waals surface area contributed by atoms with Gasteiger partial charge in [0, 0.05) is 48.0 Å². The van der Waals surface area contributed by atoms with Gasteiger partial charge in [0.2, 0.25) is 0 Å². The molecule has 1 N–H and O–H groups in total. The fraction of sp³-hybridized carbons (Fsp3) is 0.407. The van der Waals surface area contributed by atoms with Gasteiger partial charge in [-0.25, -0.2) is 4.79 Å². The van der Waals surface area contributed by atoms with E-state index in [1.807, 2.05) is 5.32 Å². The lowest BCUT2D eigenvalue weighted by molar-refractivity contribution is -0.167. The number of aryl methyl sites for hydroxylation is 1. The van der Waals surface area contributed by atoms with E-state index in [2.05, 4.69) is 0 Å². The highest BCUT2D eigenvalue weighted by Crippen LogP contribution is 2.37. The summed E-state index contributed by atoms with van der Waals surface area (Å²) < 4.78 is 85.2. The summed E-state index contributed by atoms with van der Waals surface area (Å²) in [7, 11) is 1.44. The Hall–Kier alpha value is -3.70. The van der Waals surface area contributed by atoms with Gasteiger partial charge >= 0.3 is 24.4 Å². The second-order valence-electron chi connectivity index (χ2n) is 10.5. The van der Waals surface area contributed by atoms with Crippen LogP contribution in [0.15, 0.2) is 36.4 Å². The lowest BCUT2D eigenvalue weighted by Gasteiger charge is -2.31. The third kappa shape index (κ3) is 6.48. The molecule has 0 bridgehead atoms. The van der Waals surface area contributed by atoms with Crippen LogP contribution in [0.5, 0.6) is 0 Å². The first kappa shape index (κ1) is 28.3. The zero-order chi connectivity index (χ0) is 28.9. The highest BCUT2D eigenvalue weighted by molar-refractivity contribution is 6.02. The van der Waals surface area contributed by atoms with Gasteiger partial charge in [-0.05, 0) is 62.1 Å².